The zero-order chi connectivity index (χ0) is 19.7. The molecule has 0 N–H and O–H groups in total. The molecule has 1 amide bonds. The number of aryl methyl sites for hydroxylation is 1. The van der Waals surface area contributed by atoms with Crippen LogP contribution in [0.1, 0.15) is 16.2 Å². The number of para-hydroxylation sites is 1. The fraction of sp³-hybridized carbons (Fsp3) is 0.300. The molecule has 0 aliphatic carbocycles. The molecular formula is C20H20N4O4. The summed E-state index contributed by atoms with van der Waals surface area (Å²) in [6, 6.07) is 10.5. The number of hydrogen-bond acceptors (Lipinski definition) is 7. The third-order valence-corrected chi connectivity index (χ3v) is 4.77. The van der Waals surface area contributed by atoms with Crippen LogP contribution in [0.3, 0.4) is 0 Å². The van der Waals surface area contributed by atoms with Gasteiger partial charge in [-0.15, -0.1) is 0 Å². The number of anilines is 1. The van der Waals surface area contributed by atoms with Crippen molar-refractivity contribution in [2.45, 2.75) is 6.92 Å². The largest absolute Gasteiger partial charge is 0.481 e. The fourth-order valence-electron chi connectivity index (χ4n) is 3.31. The van der Waals surface area contributed by atoms with E-state index in [-0.39, 0.29) is 11.5 Å². The van der Waals surface area contributed by atoms with Crippen LogP contribution in [0.2, 0.25) is 0 Å². The van der Waals surface area contributed by atoms with Gasteiger partial charge in [0.05, 0.1) is 7.11 Å². The molecule has 144 valence electrons. The maximum Gasteiger partial charge on any atom is 0.349 e. The van der Waals surface area contributed by atoms with E-state index in [1.807, 2.05) is 19.1 Å². The number of fused-ring (bicyclic) bond motifs is 1. The van der Waals surface area contributed by atoms with Crippen LogP contribution in [-0.4, -0.2) is 54.1 Å². The van der Waals surface area contributed by atoms with Crippen molar-refractivity contribution in [2.75, 3.05) is 38.2 Å². The number of ether oxygens (including phenoxy) is 1. The molecular weight excluding hydrogens is 360 g/mol. The van der Waals surface area contributed by atoms with Crippen molar-refractivity contribution in [3.05, 3.63) is 58.2 Å². The fourth-order valence-corrected chi connectivity index (χ4v) is 3.31. The molecule has 8 heteroatoms. The van der Waals surface area contributed by atoms with Crippen LogP contribution in [0.5, 0.6) is 5.88 Å². The number of carbonyl (C=O) groups excluding carboxylic acids is 1. The van der Waals surface area contributed by atoms with Crippen molar-refractivity contribution in [3.63, 3.8) is 0 Å². The van der Waals surface area contributed by atoms with Gasteiger partial charge in [0.2, 0.25) is 5.88 Å². The van der Waals surface area contributed by atoms with E-state index in [1.54, 1.807) is 36.3 Å². The third kappa shape index (κ3) is 3.40. The van der Waals surface area contributed by atoms with E-state index in [0.29, 0.717) is 43.5 Å². The first kappa shape index (κ1) is 18.0. The number of rotatable bonds is 3. The molecule has 1 aromatic carbocycles. The molecule has 0 bridgehead atoms. The molecule has 0 unspecified atom stereocenters. The quantitative estimate of drug-likeness (QED) is 0.641. The van der Waals surface area contributed by atoms with Crippen LogP contribution in [0.4, 0.5) is 5.82 Å². The van der Waals surface area contributed by atoms with Crippen LogP contribution in [0.15, 0.2) is 45.6 Å². The molecule has 0 radical (unpaired) electrons. The Morgan fingerprint density at radius 2 is 1.86 bits per heavy atom. The van der Waals surface area contributed by atoms with Crippen molar-refractivity contribution in [1.82, 2.24) is 14.9 Å². The molecule has 1 aliphatic heterocycles. The van der Waals surface area contributed by atoms with Gasteiger partial charge in [0.25, 0.3) is 5.91 Å². The van der Waals surface area contributed by atoms with E-state index in [1.165, 1.54) is 0 Å². The Kier molecular flexibility index (Phi) is 4.68. The number of hydrogen-bond donors (Lipinski definition) is 0. The molecule has 2 aromatic heterocycles. The van der Waals surface area contributed by atoms with Crippen molar-refractivity contribution in [1.29, 1.82) is 0 Å². The molecule has 3 heterocycles. The molecule has 0 atom stereocenters. The van der Waals surface area contributed by atoms with E-state index in [4.69, 9.17) is 9.15 Å². The minimum Gasteiger partial charge on any atom is -0.481 e. The maximum atomic E-state index is 12.9. The summed E-state index contributed by atoms with van der Waals surface area (Å²) in [7, 11) is 1.57. The van der Waals surface area contributed by atoms with Gasteiger partial charge in [-0.2, -0.15) is 4.98 Å². The standard InChI is InChI=1S/C20H20N4O4/c1-13-21-17(12-18(22-13)27-2)23-7-9-24(10-8-23)19(25)15-11-14-5-3-4-6-16(14)28-20(15)26/h3-6,11-12H,7-10H2,1-2H3. The van der Waals surface area contributed by atoms with Gasteiger partial charge < -0.3 is 19.0 Å². The topological polar surface area (TPSA) is 88.8 Å². The summed E-state index contributed by atoms with van der Waals surface area (Å²) >= 11 is 0. The molecule has 1 aliphatic rings. The molecule has 1 saturated heterocycles. The number of nitrogens with zero attached hydrogens (tertiary/aromatic N) is 4. The number of aromatic nitrogens is 2. The molecule has 0 spiro atoms. The lowest BCUT2D eigenvalue weighted by Crippen LogP contribution is -2.49. The van der Waals surface area contributed by atoms with Crippen LogP contribution >= 0.6 is 0 Å². The lowest BCUT2D eigenvalue weighted by atomic mass is 10.1. The first-order valence-corrected chi connectivity index (χ1v) is 9.02. The van der Waals surface area contributed by atoms with E-state index >= 15 is 0 Å². The summed E-state index contributed by atoms with van der Waals surface area (Å²) in [6.45, 7) is 3.98. The lowest BCUT2D eigenvalue weighted by molar-refractivity contribution is 0.0742. The van der Waals surface area contributed by atoms with Gasteiger partial charge in [-0.3, -0.25) is 4.79 Å². The highest BCUT2D eigenvalue weighted by molar-refractivity contribution is 5.96. The Balaban J connectivity index is 1.51. The number of amides is 1. The summed E-state index contributed by atoms with van der Waals surface area (Å²) in [5, 5.41) is 0.729. The molecule has 28 heavy (non-hydrogen) atoms. The monoisotopic (exact) mass is 380 g/mol. The Morgan fingerprint density at radius 1 is 1.11 bits per heavy atom. The average molecular weight is 380 g/mol. The van der Waals surface area contributed by atoms with Crippen LogP contribution in [0, 0.1) is 6.92 Å². The summed E-state index contributed by atoms with van der Waals surface area (Å²) in [5.41, 5.74) is -0.0732. The summed E-state index contributed by atoms with van der Waals surface area (Å²) in [4.78, 5) is 37.5. The first-order chi connectivity index (χ1) is 13.5. The van der Waals surface area contributed by atoms with E-state index in [0.717, 1.165) is 11.2 Å². The van der Waals surface area contributed by atoms with Gasteiger partial charge in [0.1, 0.15) is 22.8 Å². The second-order valence-electron chi connectivity index (χ2n) is 6.58. The molecule has 1 fully saturated rings. The van der Waals surface area contributed by atoms with Gasteiger partial charge in [0.15, 0.2) is 0 Å². The van der Waals surface area contributed by atoms with Crippen LogP contribution in [0.25, 0.3) is 11.0 Å². The second kappa shape index (κ2) is 7.30. The summed E-state index contributed by atoms with van der Waals surface area (Å²) in [6.07, 6.45) is 0. The second-order valence-corrected chi connectivity index (χ2v) is 6.58. The minimum absolute atomic E-state index is 0.0618. The maximum absolute atomic E-state index is 12.9. The number of benzene rings is 1. The Labute approximate surface area is 161 Å². The molecule has 0 saturated carbocycles. The van der Waals surface area contributed by atoms with Crippen molar-refractivity contribution >= 4 is 22.7 Å². The molecule has 8 nitrogen and oxygen atoms in total. The zero-order valence-electron chi connectivity index (χ0n) is 15.7. The number of carbonyl (C=O) groups is 1. The van der Waals surface area contributed by atoms with E-state index in [9.17, 15) is 9.59 Å². The summed E-state index contributed by atoms with van der Waals surface area (Å²) in [5.74, 6) is 1.59. The van der Waals surface area contributed by atoms with Crippen LogP contribution in [-0.2, 0) is 0 Å². The van der Waals surface area contributed by atoms with E-state index in [2.05, 4.69) is 14.9 Å². The van der Waals surface area contributed by atoms with Gasteiger partial charge in [-0.05, 0) is 19.1 Å². The molecule has 3 aromatic rings. The lowest BCUT2D eigenvalue weighted by Gasteiger charge is -2.35. The zero-order valence-corrected chi connectivity index (χ0v) is 15.7. The predicted molar refractivity (Wildman–Crippen MR) is 104 cm³/mol. The van der Waals surface area contributed by atoms with E-state index < -0.39 is 5.63 Å². The van der Waals surface area contributed by atoms with Gasteiger partial charge in [0, 0.05) is 37.6 Å². The highest BCUT2D eigenvalue weighted by atomic mass is 16.5. The van der Waals surface area contributed by atoms with Crippen molar-refractivity contribution < 1.29 is 13.9 Å². The normalized spacial score (nSPS) is 14.4. The SMILES string of the molecule is COc1cc(N2CCN(C(=O)c3cc4ccccc4oc3=O)CC2)nc(C)n1. The number of methoxy groups -OCH3 is 1. The van der Waals surface area contributed by atoms with Crippen molar-refractivity contribution in [2.24, 2.45) is 0 Å². The third-order valence-electron chi connectivity index (χ3n) is 4.77. The average Bonchev–Trinajstić information content (AvgIpc) is 2.72. The van der Waals surface area contributed by atoms with Crippen molar-refractivity contribution in [3.8, 4) is 5.88 Å². The predicted octanol–water partition coefficient (Wildman–Crippen LogP) is 1.86. The first-order valence-electron chi connectivity index (χ1n) is 9.02. The van der Waals surface area contributed by atoms with Gasteiger partial charge in [-0.1, -0.05) is 18.2 Å². The highest BCUT2D eigenvalue weighted by Gasteiger charge is 2.26. The Hall–Kier alpha value is -3.42. The van der Waals surface area contributed by atoms with Crippen LogP contribution < -0.4 is 15.3 Å². The minimum atomic E-state index is -0.609. The Bertz CT molecular complexity index is 1090. The summed E-state index contributed by atoms with van der Waals surface area (Å²) < 4.78 is 10.5. The Morgan fingerprint density at radius 3 is 2.61 bits per heavy atom. The highest BCUT2D eigenvalue weighted by Crippen LogP contribution is 2.20. The number of piperazine rings is 1. The smallest absolute Gasteiger partial charge is 0.349 e. The van der Waals surface area contributed by atoms with Gasteiger partial charge in [-0.25, -0.2) is 9.78 Å². The van der Waals surface area contributed by atoms with Gasteiger partial charge >= 0.3 is 5.63 Å². The molecule has 4 rings (SSSR count).